The molecule has 0 atom stereocenters. The molecule has 0 aliphatic carbocycles. The normalized spacial score (nSPS) is 12.5. The summed E-state index contributed by atoms with van der Waals surface area (Å²) in [5.74, 6) is -0.833. The Morgan fingerprint density at radius 3 is 2.18 bits per heavy atom. The molecular weight excluding hydrogens is 241 g/mol. The maximum Gasteiger partial charge on any atom is 0.366 e. The molecule has 0 aliphatic rings. The molecule has 6 heteroatoms. The van der Waals surface area contributed by atoms with Gasteiger partial charge in [0, 0.05) is 14.2 Å². The lowest BCUT2D eigenvalue weighted by molar-refractivity contribution is -0.114. The van der Waals surface area contributed by atoms with E-state index in [9.17, 15) is 9.36 Å². The molecule has 92 valence electrons. The van der Waals surface area contributed by atoms with Crippen molar-refractivity contribution in [2.75, 3.05) is 14.2 Å². The number of nitrogens with two attached hydrogens (primary N) is 1. The van der Waals surface area contributed by atoms with Crippen LogP contribution in [0.1, 0.15) is 5.56 Å². The molecule has 0 heterocycles. The van der Waals surface area contributed by atoms with Gasteiger partial charge < -0.3 is 14.8 Å². The molecular formula is C11H14NO4P. The lowest BCUT2D eigenvalue weighted by atomic mass is 10.2. The average Bonchev–Trinajstić information content (AvgIpc) is 2.36. The fraction of sp³-hybridized carbons (Fsp3) is 0.182. The van der Waals surface area contributed by atoms with Crippen molar-refractivity contribution in [2.24, 2.45) is 5.73 Å². The van der Waals surface area contributed by atoms with Crippen molar-refractivity contribution in [1.82, 2.24) is 0 Å². The Bertz CT molecular complexity index is 462. The van der Waals surface area contributed by atoms with Gasteiger partial charge in [0.15, 0.2) is 0 Å². The maximum absolute atomic E-state index is 12.1. The zero-order valence-corrected chi connectivity index (χ0v) is 10.5. The molecule has 0 radical (unpaired) electrons. The zero-order chi connectivity index (χ0) is 12.9. The van der Waals surface area contributed by atoms with Crippen molar-refractivity contribution >= 4 is 19.6 Å². The first-order valence-corrected chi connectivity index (χ1v) is 6.36. The molecule has 1 aromatic rings. The second-order valence-corrected chi connectivity index (χ2v) is 5.37. The molecule has 1 rings (SSSR count). The van der Waals surface area contributed by atoms with E-state index in [-0.39, 0.29) is 5.31 Å². The maximum atomic E-state index is 12.1. The molecule has 1 aromatic carbocycles. The van der Waals surface area contributed by atoms with Crippen LogP contribution in [0.3, 0.4) is 0 Å². The zero-order valence-electron chi connectivity index (χ0n) is 9.62. The molecule has 1 amide bonds. The lowest BCUT2D eigenvalue weighted by Gasteiger charge is -2.14. The van der Waals surface area contributed by atoms with Crippen LogP contribution in [0.25, 0.3) is 6.08 Å². The third-order valence-corrected chi connectivity index (χ3v) is 4.03. The monoisotopic (exact) mass is 255 g/mol. The van der Waals surface area contributed by atoms with E-state index in [1.165, 1.54) is 20.3 Å². The average molecular weight is 255 g/mol. The summed E-state index contributed by atoms with van der Waals surface area (Å²) in [6.07, 6.45) is 1.40. The van der Waals surface area contributed by atoms with Crippen LogP contribution in [0.4, 0.5) is 0 Å². The fourth-order valence-corrected chi connectivity index (χ4v) is 2.38. The molecule has 2 N–H and O–H groups in total. The molecule has 0 bridgehead atoms. The minimum atomic E-state index is -3.63. The highest BCUT2D eigenvalue weighted by molar-refractivity contribution is 7.60. The number of rotatable bonds is 5. The van der Waals surface area contributed by atoms with Crippen LogP contribution in [-0.2, 0) is 18.4 Å². The Labute approximate surface area is 99.8 Å². The predicted octanol–water partition coefficient (Wildman–Crippen LogP) is 2.00. The molecule has 0 saturated heterocycles. The highest BCUT2D eigenvalue weighted by atomic mass is 31.2. The van der Waals surface area contributed by atoms with Crippen LogP contribution in [-0.4, -0.2) is 20.1 Å². The van der Waals surface area contributed by atoms with Gasteiger partial charge in [0.25, 0.3) is 5.91 Å². The van der Waals surface area contributed by atoms with Crippen molar-refractivity contribution in [3.8, 4) is 0 Å². The number of benzene rings is 1. The number of hydrogen-bond acceptors (Lipinski definition) is 4. The molecule has 0 fully saturated rings. The van der Waals surface area contributed by atoms with E-state index in [0.717, 1.165) is 0 Å². The number of carbonyl (C=O) groups is 1. The first-order chi connectivity index (χ1) is 8.03. The summed E-state index contributed by atoms with van der Waals surface area (Å²) < 4.78 is 21.6. The SMILES string of the molecule is COP(=O)(OC)/C(=C/c1ccccc1)C(N)=O. The number of primary amides is 1. The predicted molar refractivity (Wildman–Crippen MR) is 65.2 cm³/mol. The second kappa shape index (κ2) is 5.77. The number of carbonyl (C=O) groups excluding carboxylic acids is 1. The third-order valence-electron chi connectivity index (χ3n) is 2.13. The van der Waals surface area contributed by atoms with Gasteiger partial charge in [-0.05, 0) is 11.6 Å². The van der Waals surface area contributed by atoms with E-state index in [2.05, 4.69) is 0 Å². The molecule has 0 spiro atoms. The topological polar surface area (TPSA) is 78.6 Å². The second-order valence-electron chi connectivity index (χ2n) is 3.17. The number of amides is 1. The van der Waals surface area contributed by atoms with Crippen LogP contribution >= 0.6 is 7.60 Å². The summed E-state index contributed by atoms with van der Waals surface area (Å²) in [5.41, 5.74) is 5.87. The van der Waals surface area contributed by atoms with Gasteiger partial charge in [-0.3, -0.25) is 9.36 Å². The van der Waals surface area contributed by atoms with Gasteiger partial charge in [-0.2, -0.15) is 0 Å². The van der Waals surface area contributed by atoms with E-state index >= 15 is 0 Å². The first-order valence-electron chi connectivity index (χ1n) is 4.82. The Morgan fingerprint density at radius 1 is 1.24 bits per heavy atom. The van der Waals surface area contributed by atoms with Crippen molar-refractivity contribution in [2.45, 2.75) is 0 Å². The molecule has 0 unspecified atom stereocenters. The van der Waals surface area contributed by atoms with Crippen molar-refractivity contribution < 1.29 is 18.4 Å². The smallest absolute Gasteiger partial charge is 0.365 e. The lowest BCUT2D eigenvalue weighted by Crippen LogP contribution is -2.15. The van der Waals surface area contributed by atoms with Crippen molar-refractivity contribution in [3.05, 3.63) is 41.2 Å². The van der Waals surface area contributed by atoms with Gasteiger partial charge >= 0.3 is 7.60 Å². The van der Waals surface area contributed by atoms with Crippen LogP contribution in [0.5, 0.6) is 0 Å². The summed E-state index contributed by atoms with van der Waals surface area (Å²) in [6, 6.07) is 8.90. The molecule has 17 heavy (non-hydrogen) atoms. The minimum absolute atomic E-state index is 0.173. The summed E-state index contributed by atoms with van der Waals surface area (Å²) in [4.78, 5) is 11.3. The van der Waals surface area contributed by atoms with Gasteiger partial charge in [-0.1, -0.05) is 30.3 Å². The summed E-state index contributed by atoms with van der Waals surface area (Å²) in [5, 5.41) is -0.173. The molecule has 5 nitrogen and oxygen atoms in total. The summed E-state index contributed by atoms with van der Waals surface area (Å²) in [7, 11) is -1.23. The Hall–Kier alpha value is -1.42. The van der Waals surface area contributed by atoms with E-state index in [1.807, 2.05) is 6.07 Å². The largest absolute Gasteiger partial charge is 0.366 e. The van der Waals surface area contributed by atoms with Crippen molar-refractivity contribution in [1.29, 1.82) is 0 Å². The third kappa shape index (κ3) is 3.27. The van der Waals surface area contributed by atoms with E-state index < -0.39 is 13.5 Å². The number of hydrogen-bond donors (Lipinski definition) is 1. The Morgan fingerprint density at radius 2 is 1.76 bits per heavy atom. The Balaban J connectivity index is 3.24. The van der Waals surface area contributed by atoms with Crippen LogP contribution < -0.4 is 5.73 Å². The fourth-order valence-electron chi connectivity index (χ4n) is 1.26. The van der Waals surface area contributed by atoms with Crippen LogP contribution in [0.2, 0.25) is 0 Å². The summed E-state index contributed by atoms with van der Waals surface area (Å²) in [6.45, 7) is 0. The first kappa shape index (κ1) is 13.6. The summed E-state index contributed by atoms with van der Waals surface area (Å²) >= 11 is 0. The standard InChI is InChI=1S/C11H14NO4P/c1-15-17(14,16-2)10(11(12)13)8-9-6-4-3-5-7-9/h3-8H,1-2H3,(H2,12,13)/b10-8+. The van der Waals surface area contributed by atoms with Gasteiger partial charge in [0.1, 0.15) is 5.31 Å². The van der Waals surface area contributed by atoms with Gasteiger partial charge in [0.05, 0.1) is 0 Å². The minimum Gasteiger partial charge on any atom is -0.365 e. The molecule has 0 aliphatic heterocycles. The van der Waals surface area contributed by atoms with E-state index in [1.54, 1.807) is 24.3 Å². The van der Waals surface area contributed by atoms with E-state index in [4.69, 9.17) is 14.8 Å². The van der Waals surface area contributed by atoms with Gasteiger partial charge in [0.2, 0.25) is 0 Å². The highest BCUT2D eigenvalue weighted by Gasteiger charge is 2.31. The van der Waals surface area contributed by atoms with E-state index in [0.29, 0.717) is 5.56 Å². The van der Waals surface area contributed by atoms with Gasteiger partial charge in [-0.25, -0.2) is 0 Å². The van der Waals surface area contributed by atoms with Crippen LogP contribution in [0.15, 0.2) is 35.6 Å². The van der Waals surface area contributed by atoms with Crippen LogP contribution in [0, 0.1) is 0 Å². The van der Waals surface area contributed by atoms with Crippen molar-refractivity contribution in [3.63, 3.8) is 0 Å². The quantitative estimate of drug-likeness (QED) is 0.644. The van der Waals surface area contributed by atoms with Gasteiger partial charge in [-0.15, -0.1) is 0 Å². The Kier molecular flexibility index (Phi) is 4.63. The highest BCUT2D eigenvalue weighted by Crippen LogP contribution is 2.55. The molecule has 0 saturated carbocycles. The molecule has 0 aromatic heterocycles.